The normalized spacial score (nSPS) is 16.6. The van der Waals surface area contributed by atoms with E-state index in [0.717, 1.165) is 38.4 Å². The summed E-state index contributed by atoms with van der Waals surface area (Å²) in [5.41, 5.74) is 0.659. The average molecular weight is 354 g/mol. The fourth-order valence-corrected chi connectivity index (χ4v) is 3.17. The standard InChI is InChI=1S/C16H26N4O3S/c1-12(21)18-15(5-8-24-2)16(22)19-14-9-17-20(11-14)10-13-3-6-23-7-4-13/h9,11,13,15H,3-8,10H2,1-2H3,(H,18,21)(H,19,22)/t15-/m0/s1. The topological polar surface area (TPSA) is 85.3 Å². The van der Waals surface area contributed by atoms with Crippen molar-refractivity contribution in [3.63, 3.8) is 0 Å². The van der Waals surface area contributed by atoms with Crippen LogP contribution in [-0.2, 0) is 20.9 Å². The van der Waals surface area contributed by atoms with Crippen molar-refractivity contribution in [1.29, 1.82) is 0 Å². The van der Waals surface area contributed by atoms with Crippen LogP contribution in [0.15, 0.2) is 12.4 Å². The summed E-state index contributed by atoms with van der Waals surface area (Å²) in [6.45, 7) is 3.87. The number of amides is 2. The summed E-state index contributed by atoms with van der Waals surface area (Å²) >= 11 is 1.65. The highest BCUT2D eigenvalue weighted by atomic mass is 32.2. The number of hydrogen-bond acceptors (Lipinski definition) is 5. The Morgan fingerprint density at radius 3 is 2.88 bits per heavy atom. The molecule has 2 amide bonds. The Bertz CT molecular complexity index is 543. The van der Waals surface area contributed by atoms with Gasteiger partial charge in [-0.25, -0.2) is 0 Å². The summed E-state index contributed by atoms with van der Waals surface area (Å²) in [7, 11) is 0. The quantitative estimate of drug-likeness (QED) is 0.739. The van der Waals surface area contributed by atoms with E-state index in [2.05, 4.69) is 15.7 Å². The molecule has 1 aromatic rings. The summed E-state index contributed by atoms with van der Waals surface area (Å²) in [6, 6.07) is -0.520. The van der Waals surface area contributed by atoms with Crippen LogP contribution in [0, 0.1) is 5.92 Å². The van der Waals surface area contributed by atoms with Gasteiger partial charge in [0.2, 0.25) is 11.8 Å². The maximum absolute atomic E-state index is 12.4. The second-order valence-corrected chi connectivity index (χ2v) is 7.02. The Morgan fingerprint density at radius 1 is 1.46 bits per heavy atom. The molecule has 1 atom stereocenters. The first-order valence-electron chi connectivity index (χ1n) is 8.25. The fraction of sp³-hybridized carbons (Fsp3) is 0.688. The van der Waals surface area contributed by atoms with E-state index in [1.165, 1.54) is 6.92 Å². The van der Waals surface area contributed by atoms with Crippen LogP contribution in [0.4, 0.5) is 5.69 Å². The molecule has 0 saturated carbocycles. The zero-order valence-corrected chi connectivity index (χ0v) is 15.1. The molecular weight excluding hydrogens is 328 g/mol. The van der Waals surface area contributed by atoms with Crippen LogP contribution in [0.3, 0.4) is 0 Å². The Kier molecular flexibility index (Phi) is 7.58. The average Bonchev–Trinajstić information content (AvgIpc) is 2.99. The number of hydrogen-bond donors (Lipinski definition) is 2. The zero-order chi connectivity index (χ0) is 17.4. The van der Waals surface area contributed by atoms with Gasteiger partial charge in [-0.05, 0) is 37.2 Å². The van der Waals surface area contributed by atoms with Gasteiger partial charge in [-0.1, -0.05) is 0 Å². The molecule has 2 heterocycles. The van der Waals surface area contributed by atoms with Crippen molar-refractivity contribution in [3.05, 3.63) is 12.4 Å². The van der Waals surface area contributed by atoms with Gasteiger partial charge in [0.05, 0.1) is 11.9 Å². The van der Waals surface area contributed by atoms with E-state index in [-0.39, 0.29) is 11.8 Å². The summed E-state index contributed by atoms with van der Waals surface area (Å²) in [4.78, 5) is 23.6. The molecule has 0 radical (unpaired) electrons. The van der Waals surface area contributed by atoms with Gasteiger partial charge in [-0.15, -0.1) is 0 Å². The minimum atomic E-state index is -0.520. The van der Waals surface area contributed by atoms with E-state index in [4.69, 9.17) is 4.74 Å². The van der Waals surface area contributed by atoms with E-state index >= 15 is 0 Å². The number of nitrogens with one attached hydrogen (secondary N) is 2. The third-order valence-electron chi connectivity index (χ3n) is 3.99. The van der Waals surface area contributed by atoms with Gasteiger partial charge in [-0.2, -0.15) is 16.9 Å². The molecule has 8 heteroatoms. The lowest BCUT2D eigenvalue weighted by Crippen LogP contribution is -2.43. The summed E-state index contributed by atoms with van der Waals surface area (Å²) in [5, 5.41) is 9.86. The lowest BCUT2D eigenvalue weighted by atomic mass is 10.0. The predicted octanol–water partition coefficient (Wildman–Crippen LogP) is 1.51. The van der Waals surface area contributed by atoms with Crippen LogP contribution in [0.5, 0.6) is 0 Å². The summed E-state index contributed by atoms with van der Waals surface area (Å²) < 4.78 is 7.22. The molecule has 1 aromatic heterocycles. The Labute approximate surface area is 146 Å². The van der Waals surface area contributed by atoms with Crippen LogP contribution < -0.4 is 10.6 Å². The Morgan fingerprint density at radius 2 is 2.21 bits per heavy atom. The number of ether oxygens (including phenoxy) is 1. The Balaban J connectivity index is 1.88. The molecular formula is C16H26N4O3S. The molecule has 134 valence electrons. The predicted molar refractivity (Wildman–Crippen MR) is 95.0 cm³/mol. The van der Waals surface area contributed by atoms with Crippen LogP contribution in [0.2, 0.25) is 0 Å². The van der Waals surface area contributed by atoms with Gasteiger partial charge >= 0.3 is 0 Å². The molecule has 0 spiro atoms. The van der Waals surface area contributed by atoms with E-state index < -0.39 is 6.04 Å². The van der Waals surface area contributed by atoms with Crippen molar-refractivity contribution in [2.24, 2.45) is 5.92 Å². The number of thioether (sulfide) groups is 1. The number of nitrogens with zero attached hydrogens (tertiary/aromatic N) is 2. The first-order valence-corrected chi connectivity index (χ1v) is 9.65. The molecule has 2 rings (SSSR count). The fourth-order valence-electron chi connectivity index (χ4n) is 2.70. The van der Waals surface area contributed by atoms with Crippen LogP contribution >= 0.6 is 11.8 Å². The van der Waals surface area contributed by atoms with Crippen molar-refractivity contribution in [1.82, 2.24) is 15.1 Å². The SMILES string of the molecule is CSCC[C@H](NC(C)=O)C(=O)Nc1cnn(CC2CCOCC2)c1. The highest BCUT2D eigenvalue weighted by Gasteiger charge is 2.20. The lowest BCUT2D eigenvalue weighted by Gasteiger charge is -2.21. The molecule has 1 aliphatic rings. The smallest absolute Gasteiger partial charge is 0.247 e. The summed E-state index contributed by atoms with van der Waals surface area (Å²) in [5.74, 6) is 0.966. The third kappa shape index (κ3) is 6.16. The second-order valence-electron chi connectivity index (χ2n) is 6.03. The van der Waals surface area contributed by atoms with E-state index in [9.17, 15) is 9.59 Å². The first-order chi connectivity index (χ1) is 11.6. The van der Waals surface area contributed by atoms with Crippen molar-refractivity contribution in [2.45, 2.75) is 38.8 Å². The van der Waals surface area contributed by atoms with Gasteiger partial charge in [0.1, 0.15) is 6.04 Å². The van der Waals surface area contributed by atoms with Crippen molar-refractivity contribution in [2.75, 3.05) is 30.5 Å². The molecule has 1 aliphatic heterocycles. The molecule has 1 saturated heterocycles. The van der Waals surface area contributed by atoms with Crippen molar-refractivity contribution < 1.29 is 14.3 Å². The first kappa shape index (κ1) is 18.8. The van der Waals surface area contributed by atoms with Gasteiger partial charge in [-0.3, -0.25) is 14.3 Å². The van der Waals surface area contributed by atoms with Crippen LogP contribution in [-0.4, -0.2) is 52.9 Å². The summed E-state index contributed by atoms with van der Waals surface area (Å²) in [6.07, 6.45) is 8.15. The van der Waals surface area contributed by atoms with Gasteiger partial charge in [0, 0.05) is 32.9 Å². The Hall–Kier alpha value is -1.54. The van der Waals surface area contributed by atoms with Gasteiger partial charge in [0.15, 0.2) is 0 Å². The van der Waals surface area contributed by atoms with E-state index in [1.54, 1.807) is 18.0 Å². The van der Waals surface area contributed by atoms with Gasteiger partial charge in [0.25, 0.3) is 0 Å². The third-order valence-corrected chi connectivity index (χ3v) is 4.64. The molecule has 0 unspecified atom stereocenters. The largest absolute Gasteiger partial charge is 0.381 e. The molecule has 0 aliphatic carbocycles. The highest BCUT2D eigenvalue weighted by molar-refractivity contribution is 7.98. The van der Waals surface area contributed by atoms with E-state index in [0.29, 0.717) is 18.0 Å². The number of carbonyl (C=O) groups is 2. The molecule has 7 nitrogen and oxygen atoms in total. The van der Waals surface area contributed by atoms with Gasteiger partial charge < -0.3 is 15.4 Å². The second kappa shape index (κ2) is 9.68. The van der Waals surface area contributed by atoms with Crippen LogP contribution in [0.1, 0.15) is 26.2 Å². The molecule has 2 N–H and O–H groups in total. The van der Waals surface area contributed by atoms with Crippen LogP contribution in [0.25, 0.3) is 0 Å². The maximum Gasteiger partial charge on any atom is 0.247 e. The number of aromatic nitrogens is 2. The molecule has 0 bridgehead atoms. The lowest BCUT2D eigenvalue weighted by molar-refractivity contribution is -0.125. The highest BCUT2D eigenvalue weighted by Crippen LogP contribution is 2.17. The maximum atomic E-state index is 12.4. The zero-order valence-electron chi connectivity index (χ0n) is 14.3. The minimum Gasteiger partial charge on any atom is -0.381 e. The minimum absolute atomic E-state index is 0.202. The number of anilines is 1. The number of rotatable bonds is 8. The molecule has 24 heavy (non-hydrogen) atoms. The molecule has 1 fully saturated rings. The molecule has 0 aromatic carbocycles. The monoisotopic (exact) mass is 354 g/mol. The van der Waals surface area contributed by atoms with Crippen molar-refractivity contribution in [3.8, 4) is 0 Å². The van der Waals surface area contributed by atoms with E-state index in [1.807, 2.05) is 17.1 Å². The number of carbonyl (C=O) groups excluding carboxylic acids is 2. The van der Waals surface area contributed by atoms with Crippen molar-refractivity contribution >= 4 is 29.3 Å².